The SMILES string of the molecule is COCCOc1ccc(C(=O)NNC(=O)Cc2ccccc2)cc1. The third-order valence-corrected chi connectivity index (χ3v) is 3.20. The van der Waals surface area contributed by atoms with Crippen molar-refractivity contribution in [2.45, 2.75) is 6.42 Å². The fraction of sp³-hybridized carbons (Fsp3) is 0.222. The van der Waals surface area contributed by atoms with E-state index in [1.165, 1.54) is 0 Å². The van der Waals surface area contributed by atoms with Crippen molar-refractivity contribution >= 4 is 11.8 Å². The predicted molar refractivity (Wildman–Crippen MR) is 89.6 cm³/mol. The average molecular weight is 328 g/mol. The van der Waals surface area contributed by atoms with E-state index in [9.17, 15) is 9.59 Å². The van der Waals surface area contributed by atoms with E-state index in [1.54, 1.807) is 31.4 Å². The summed E-state index contributed by atoms with van der Waals surface area (Å²) in [4.78, 5) is 23.8. The Balaban J connectivity index is 1.78. The van der Waals surface area contributed by atoms with Gasteiger partial charge in [0.05, 0.1) is 13.0 Å². The van der Waals surface area contributed by atoms with E-state index in [0.29, 0.717) is 24.5 Å². The highest BCUT2D eigenvalue weighted by atomic mass is 16.5. The number of carbonyl (C=O) groups is 2. The van der Waals surface area contributed by atoms with Crippen LogP contribution in [0.3, 0.4) is 0 Å². The summed E-state index contributed by atoms with van der Waals surface area (Å²) in [7, 11) is 1.60. The molecule has 2 rings (SSSR count). The van der Waals surface area contributed by atoms with Gasteiger partial charge in [0.1, 0.15) is 12.4 Å². The van der Waals surface area contributed by atoms with E-state index in [-0.39, 0.29) is 18.2 Å². The van der Waals surface area contributed by atoms with Crippen LogP contribution in [-0.2, 0) is 16.0 Å². The first kappa shape index (κ1) is 17.5. The maximum atomic E-state index is 12.0. The van der Waals surface area contributed by atoms with Crippen molar-refractivity contribution in [1.29, 1.82) is 0 Å². The number of ether oxygens (including phenoxy) is 2. The summed E-state index contributed by atoms with van der Waals surface area (Å²) in [5.74, 6) is -0.0226. The van der Waals surface area contributed by atoms with E-state index in [2.05, 4.69) is 10.9 Å². The van der Waals surface area contributed by atoms with Gasteiger partial charge in [-0.2, -0.15) is 0 Å². The summed E-state index contributed by atoms with van der Waals surface area (Å²) in [5, 5.41) is 0. The molecule has 0 aliphatic rings. The van der Waals surface area contributed by atoms with Crippen LogP contribution in [0.15, 0.2) is 54.6 Å². The summed E-state index contributed by atoms with van der Waals surface area (Å²) in [6, 6.07) is 15.9. The van der Waals surface area contributed by atoms with E-state index in [1.807, 2.05) is 30.3 Å². The number of rotatable bonds is 7. The zero-order chi connectivity index (χ0) is 17.2. The van der Waals surface area contributed by atoms with Crippen LogP contribution in [-0.4, -0.2) is 32.1 Å². The lowest BCUT2D eigenvalue weighted by atomic mass is 10.1. The van der Waals surface area contributed by atoms with Gasteiger partial charge in [-0.25, -0.2) is 0 Å². The number of hydrogen-bond acceptors (Lipinski definition) is 4. The minimum atomic E-state index is -0.389. The van der Waals surface area contributed by atoms with Crippen LogP contribution in [0.4, 0.5) is 0 Å². The zero-order valence-corrected chi connectivity index (χ0v) is 13.5. The van der Waals surface area contributed by atoms with Crippen LogP contribution in [0.1, 0.15) is 15.9 Å². The molecule has 0 unspecified atom stereocenters. The number of hydrazine groups is 1. The van der Waals surface area contributed by atoms with Crippen molar-refractivity contribution in [3.05, 3.63) is 65.7 Å². The summed E-state index contributed by atoms with van der Waals surface area (Å²) in [5.41, 5.74) is 6.09. The summed E-state index contributed by atoms with van der Waals surface area (Å²) in [6.07, 6.45) is 0.202. The second kappa shape index (κ2) is 9.32. The van der Waals surface area contributed by atoms with Crippen molar-refractivity contribution < 1.29 is 19.1 Å². The molecule has 0 heterocycles. The Bertz CT molecular complexity index is 656. The molecular formula is C18H20N2O4. The molecule has 0 aliphatic heterocycles. The molecule has 24 heavy (non-hydrogen) atoms. The molecule has 2 aromatic carbocycles. The van der Waals surface area contributed by atoms with Crippen molar-refractivity contribution in [1.82, 2.24) is 10.9 Å². The maximum absolute atomic E-state index is 12.0. The van der Waals surface area contributed by atoms with Gasteiger partial charge < -0.3 is 9.47 Å². The first-order valence-electron chi connectivity index (χ1n) is 7.54. The highest BCUT2D eigenvalue weighted by molar-refractivity contribution is 5.95. The number of nitrogens with one attached hydrogen (secondary N) is 2. The average Bonchev–Trinajstić information content (AvgIpc) is 2.61. The van der Waals surface area contributed by atoms with E-state index < -0.39 is 0 Å². The van der Waals surface area contributed by atoms with Gasteiger partial charge in [0.15, 0.2) is 0 Å². The van der Waals surface area contributed by atoms with Crippen LogP contribution in [0.5, 0.6) is 5.75 Å². The van der Waals surface area contributed by atoms with Crippen LogP contribution in [0.25, 0.3) is 0 Å². The molecule has 6 heteroatoms. The highest BCUT2D eigenvalue weighted by Gasteiger charge is 2.08. The number of hydrogen-bond donors (Lipinski definition) is 2. The third-order valence-electron chi connectivity index (χ3n) is 3.20. The van der Waals surface area contributed by atoms with Gasteiger partial charge in [-0.05, 0) is 29.8 Å². The molecule has 0 spiro atoms. The fourth-order valence-electron chi connectivity index (χ4n) is 1.97. The molecule has 0 bridgehead atoms. The van der Waals surface area contributed by atoms with Crippen molar-refractivity contribution in [3.63, 3.8) is 0 Å². The molecule has 2 amide bonds. The second-order valence-electron chi connectivity index (χ2n) is 5.03. The molecular weight excluding hydrogens is 308 g/mol. The van der Waals surface area contributed by atoms with E-state index in [4.69, 9.17) is 9.47 Å². The molecule has 0 saturated carbocycles. The summed E-state index contributed by atoms with van der Waals surface area (Å²) < 4.78 is 10.3. The van der Waals surface area contributed by atoms with Crippen LogP contribution in [0.2, 0.25) is 0 Å². The summed E-state index contributed by atoms with van der Waals surface area (Å²) in [6.45, 7) is 0.938. The fourth-order valence-corrected chi connectivity index (χ4v) is 1.97. The lowest BCUT2D eigenvalue weighted by molar-refractivity contribution is -0.121. The first-order chi connectivity index (χ1) is 11.7. The smallest absolute Gasteiger partial charge is 0.269 e. The van der Waals surface area contributed by atoms with E-state index >= 15 is 0 Å². The second-order valence-corrected chi connectivity index (χ2v) is 5.03. The Kier molecular flexibility index (Phi) is 6.79. The predicted octanol–water partition coefficient (Wildman–Crippen LogP) is 1.72. The number of carbonyl (C=O) groups excluding carboxylic acids is 2. The topological polar surface area (TPSA) is 76.7 Å². The van der Waals surface area contributed by atoms with Crippen LogP contribution in [0, 0.1) is 0 Å². The minimum absolute atomic E-state index is 0.202. The molecule has 6 nitrogen and oxygen atoms in total. The van der Waals surface area contributed by atoms with Gasteiger partial charge in [-0.3, -0.25) is 20.4 Å². The molecule has 0 aliphatic carbocycles. The Hall–Kier alpha value is -2.86. The maximum Gasteiger partial charge on any atom is 0.269 e. The lowest BCUT2D eigenvalue weighted by Gasteiger charge is -2.09. The molecule has 0 atom stereocenters. The molecule has 0 aromatic heterocycles. The highest BCUT2D eigenvalue weighted by Crippen LogP contribution is 2.11. The molecule has 2 N–H and O–H groups in total. The zero-order valence-electron chi connectivity index (χ0n) is 13.5. The quantitative estimate of drug-likeness (QED) is 0.599. The lowest BCUT2D eigenvalue weighted by Crippen LogP contribution is -2.42. The van der Waals surface area contributed by atoms with Gasteiger partial charge in [0.2, 0.25) is 5.91 Å². The van der Waals surface area contributed by atoms with Crippen molar-refractivity contribution in [2.75, 3.05) is 20.3 Å². The first-order valence-corrected chi connectivity index (χ1v) is 7.54. The van der Waals surface area contributed by atoms with Gasteiger partial charge in [-0.1, -0.05) is 30.3 Å². The van der Waals surface area contributed by atoms with Crippen molar-refractivity contribution in [3.8, 4) is 5.75 Å². The largest absolute Gasteiger partial charge is 0.491 e. The van der Waals surface area contributed by atoms with Gasteiger partial charge in [0, 0.05) is 12.7 Å². The molecule has 2 aromatic rings. The number of amides is 2. The monoisotopic (exact) mass is 328 g/mol. The molecule has 126 valence electrons. The standard InChI is InChI=1S/C18H20N2O4/c1-23-11-12-24-16-9-7-15(8-10-16)18(22)20-19-17(21)13-14-5-3-2-4-6-14/h2-10H,11-13H2,1H3,(H,19,21)(H,20,22). The third kappa shape index (κ3) is 5.73. The normalized spacial score (nSPS) is 10.0. The van der Waals surface area contributed by atoms with E-state index in [0.717, 1.165) is 5.56 Å². The van der Waals surface area contributed by atoms with Crippen molar-refractivity contribution in [2.24, 2.45) is 0 Å². The minimum Gasteiger partial charge on any atom is -0.491 e. The Morgan fingerprint density at radius 3 is 2.29 bits per heavy atom. The van der Waals surface area contributed by atoms with Crippen LogP contribution >= 0.6 is 0 Å². The van der Waals surface area contributed by atoms with Gasteiger partial charge >= 0.3 is 0 Å². The Morgan fingerprint density at radius 1 is 0.917 bits per heavy atom. The number of benzene rings is 2. The molecule has 0 saturated heterocycles. The van der Waals surface area contributed by atoms with Gasteiger partial charge in [-0.15, -0.1) is 0 Å². The Labute approximate surface area is 140 Å². The molecule has 0 fully saturated rings. The summed E-state index contributed by atoms with van der Waals surface area (Å²) >= 11 is 0. The Morgan fingerprint density at radius 2 is 1.62 bits per heavy atom. The van der Waals surface area contributed by atoms with Gasteiger partial charge in [0.25, 0.3) is 5.91 Å². The molecule has 0 radical (unpaired) electrons. The van der Waals surface area contributed by atoms with Crippen LogP contribution < -0.4 is 15.6 Å². The number of methoxy groups -OCH3 is 1.